The van der Waals surface area contributed by atoms with Crippen molar-refractivity contribution in [1.82, 2.24) is 10.2 Å². The standard InChI is InChI=1S/C16H31N3O4/c1-15(2,3)22-13(20)18-12-10-19(8-7-11(12)9-17)14(21)23-16(4,5)6/h11-12H,7-10,17H2,1-6H3,(H,18,20)/t11-,12-/m1/s1. The highest BCUT2D eigenvalue weighted by Gasteiger charge is 2.34. The van der Waals surface area contributed by atoms with Crippen molar-refractivity contribution < 1.29 is 19.1 Å². The van der Waals surface area contributed by atoms with Gasteiger partial charge in [0.2, 0.25) is 0 Å². The molecule has 0 aromatic carbocycles. The maximum absolute atomic E-state index is 12.2. The predicted octanol–water partition coefficient (Wildman–Crippen LogP) is 2.10. The number of nitrogens with zero attached hydrogens (tertiary/aromatic N) is 1. The summed E-state index contributed by atoms with van der Waals surface area (Å²) < 4.78 is 10.7. The lowest BCUT2D eigenvalue weighted by Crippen LogP contribution is -2.56. The summed E-state index contributed by atoms with van der Waals surface area (Å²) in [7, 11) is 0. The van der Waals surface area contributed by atoms with Gasteiger partial charge < -0.3 is 25.4 Å². The van der Waals surface area contributed by atoms with Gasteiger partial charge in [-0.3, -0.25) is 0 Å². The molecule has 0 aromatic rings. The third kappa shape index (κ3) is 7.07. The first-order valence-electron chi connectivity index (χ1n) is 8.09. The number of piperidine rings is 1. The fourth-order valence-electron chi connectivity index (χ4n) is 2.40. The quantitative estimate of drug-likeness (QED) is 0.809. The molecule has 0 bridgehead atoms. The van der Waals surface area contributed by atoms with Crippen LogP contribution < -0.4 is 11.1 Å². The second kappa shape index (κ2) is 7.38. The Hall–Kier alpha value is -1.50. The lowest BCUT2D eigenvalue weighted by Gasteiger charge is -2.39. The Kier molecular flexibility index (Phi) is 6.27. The Bertz CT molecular complexity index is 426. The number of nitrogens with two attached hydrogens (primary N) is 1. The largest absolute Gasteiger partial charge is 0.444 e. The van der Waals surface area contributed by atoms with Crippen LogP contribution in [0.3, 0.4) is 0 Å². The van der Waals surface area contributed by atoms with Crippen LogP contribution in [-0.2, 0) is 9.47 Å². The predicted molar refractivity (Wildman–Crippen MR) is 88.1 cm³/mol. The van der Waals surface area contributed by atoms with Crippen molar-refractivity contribution in [2.75, 3.05) is 19.6 Å². The maximum Gasteiger partial charge on any atom is 0.410 e. The molecule has 7 nitrogen and oxygen atoms in total. The van der Waals surface area contributed by atoms with Gasteiger partial charge >= 0.3 is 12.2 Å². The fraction of sp³-hybridized carbons (Fsp3) is 0.875. The third-order valence-electron chi connectivity index (χ3n) is 3.41. The van der Waals surface area contributed by atoms with Crippen molar-refractivity contribution in [3.63, 3.8) is 0 Å². The van der Waals surface area contributed by atoms with Crippen molar-refractivity contribution in [1.29, 1.82) is 0 Å². The molecule has 1 heterocycles. The lowest BCUT2D eigenvalue weighted by molar-refractivity contribution is 0.0110. The van der Waals surface area contributed by atoms with Crippen molar-refractivity contribution in [3.05, 3.63) is 0 Å². The van der Waals surface area contributed by atoms with Crippen molar-refractivity contribution >= 4 is 12.2 Å². The zero-order valence-corrected chi connectivity index (χ0v) is 15.1. The number of ether oxygens (including phenoxy) is 2. The Morgan fingerprint density at radius 3 is 2.17 bits per heavy atom. The van der Waals surface area contributed by atoms with E-state index in [0.29, 0.717) is 19.6 Å². The van der Waals surface area contributed by atoms with Gasteiger partial charge in [-0.05, 0) is 60.4 Å². The summed E-state index contributed by atoms with van der Waals surface area (Å²) in [6.07, 6.45) is -0.146. The van der Waals surface area contributed by atoms with Gasteiger partial charge in [-0.25, -0.2) is 9.59 Å². The molecule has 3 N–H and O–H groups in total. The summed E-state index contributed by atoms with van der Waals surface area (Å²) >= 11 is 0. The van der Waals surface area contributed by atoms with Crippen molar-refractivity contribution in [2.24, 2.45) is 11.7 Å². The van der Waals surface area contributed by atoms with Crippen molar-refractivity contribution in [3.8, 4) is 0 Å². The molecule has 0 spiro atoms. The molecule has 1 aliphatic rings. The molecule has 2 atom stereocenters. The van der Waals surface area contributed by atoms with Gasteiger partial charge in [-0.1, -0.05) is 0 Å². The van der Waals surface area contributed by atoms with Crippen LogP contribution in [-0.4, -0.2) is 54.0 Å². The zero-order valence-electron chi connectivity index (χ0n) is 15.1. The Morgan fingerprint density at radius 2 is 1.70 bits per heavy atom. The third-order valence-corrected chi connectivity index (χ3v) is 3.41. The topological polar surface area (TPSA) is 93.9 Å². The van der Waals surface area contributed by atoms with Gasteiger partial charge in [0.1, 0.15) is 11.2 Å². The average molecular weight is 329 g/mol. The van der Waals surface area contributed by atoms with Gasteiger partial charge in [0.05, 0.1) is 6.04 Å². The first kappa shape index (κ1) is 19.5. The molecule has 1 rings (SSSR count). The number of carbonyl (C=O) groups excluding carboxylic acids is 2. The van der Waals surface area contributed by atoms with Crippen molar-refractivity contribution in [2.45, 2.75) is 65.2 Å². The van der Waals surface area contributed by atoms with E-state index in [1.165, 1.54) is 0 Å². The Labute approximate surface area is 138 Å². The fourth-order valence-corrected chi connectivity index (χ4v) is 2.40. The number of likely N-dealkylation sites (tertiary alicyclic amines) is 1. The number of carbonyl (C=O) groups is 2. The minimum absolute atomic E-state index is 0.112. The Morgan fingerprint density at radius 1 is 1.13 bits per heavy atom. The van der Waals surface area contributed by atoms with E-state index in [2.05, 4.69) is 5.32 Å². The lowest BCUT2D eigenvalue weighted by atomic mass is 9.92. The van der Waals surface area contributed by atoms with Gasteiger partial charge in [-0.15, -0.1) is 0 Å². The molecule has 134 valence electrons. The summed E-state index contributed by atoms with van der Waals surface area (Å²) in [5, 5.41) is 2.83. The van der Waals surface area contributed by atoms with E-state index in [4.69, 9.17) is 15.2 Å². The molecular formula is C16H31N3O4. The SMILES string of the molecule is CC(C)(C)OC(=O)N[C@@H]1CN(C(=O)OC(C)(C)C)CC[C@@H]1CN. The molecule has 0 aromatic heterocycles. The maximum atomic E-state index is 12.2. The molecule has 1 fully saturated rings. The normalized spacial score (nSPS) is 22.5. The molecule has 0 radical (unpaired) electrons. The molecule has 0 unspecified atom stereocenters. The van der Waals surface area contributed by atoms with Crippen LogP contribution in [0.5, 0.6) is 0 Å². The van der Waals surface area contributed by atoms with E-state index in [1.807, 2.05) is 20.8 Å². The Balaban J connectivity index is 2.68. The summed E-state index contributed by atoms with van der Waals surface area (Å²) in [6.45, 7) is 12.3. The van der Waals surface area contributed by atoms with Crippen LogP contribution in [0.1, 0.15) is 48.0 Å². The number of hydrogen-bond acceptors (Lipinski definition) is 5. The molecule has 23 heavy (non-hydrogen) atoms. The van der Waals surface area contributed by atoms with E-state index in [0.717, 1.165) is 6.42 Å². The molecule has 1 saturated heterocycles. The van der Waals surface area contributed by atoms with Crippen LogP contribution in [0.2, 0.25) is 0 Å². The summed E-state index contributed by atoms with van der Waals surface area (Å²) in [5.74, 6) is 0.112. The molecule has 7 heteroatoms. The van der Waals surface area contributed by atoms with Crippen LogP contribution in [0, 0.1) is 5.92 Å². The molecular weight excluding hydrogens is 298 g/mol. The molecule has 0 aliphatic carbocycles. The molecule has 1 aliphatic heterocycles. The van der Waals surface area contributed by atoms with Gasteiger partial charge in [-0.2, -0.15) is 0 Å². The number of rotatable bonds is 2. The molecule has 2 amide bonds. The highest BCUT2D eigenvalue weighted by molar-refractivity contribution is 5.70. The number of amides is 2. The summed E-state index contributed by atoms with van der Waals surface area (Å²) in [5.41, 5.74) is 4.68. The smallest absolute Gasteiger partial charge is 0.410 e. The monoisotopic (exact) mass is 329 g/mol. The van der Waals surface area contributed by atoms with E-state index < -0.39 is 17.3 Å². The summed E-state index contributed by atoms with van der Waals surface area (Å²) in [4.78, 5) is 25.8. The van der Waals surface area contributed by atoms with E-state index in [-0.39, 0.29) is 18.1 Å². The number of nitrogens with one attached hydrogen (secondary N) is 1. The highest BCUT2D eigenvalue weighted by atomic mass is 16.6. The second-order valence-corrected chi connectivity index (χ2v) is 7.96. The van der Waals surface area contributed by atoms with Crippen LogP contribution in [0.15, 0.2) is 0 Å². The summed E-state index contributed by atoms with van der Waals surface area (Å²) in [6, 6.07) is -0.240. The average Bonchev–Trinajstić information content (AvgIpc) is 2.34. The van der Waals surface area contributed by atoms with Gasteiger partial charge in [0.25, 0.3) is 0 Å². The van der Waals surface area contributed by atoms with Crippen LogP contribution in [0.25, 0.3) is 0 Å². The highest BCUT2D eigenvalue weighted by Crippen LogP contribution is 2.20. The number of hydrogen-bond donors (Lipinski definition) is 2. The van der Waals surface area contributed by atoms with E-state index in [9.17, 15) is 9.59 Å². The minimum Gasteiger partial charge on any atom is -0.444 e. The second-order valence-electron chi connectivity index (χ2n) is 7.96. The van der Waals surface area contributed by atoms with Crippen LogP contribution in [0.4, 0.5) is 9.59 Å². The van der Waals surface area contributed by atoms with E-state index >= 15 is 0 Å². The van der Waals surface area contributed by atoms with Crippen LogP contribution >= 0.6 is 0 Å². The number of alkyl carbamates (subject to hydrolysis) is 1. The molecule has 0 saturated carbocycles. The zero-order chi connectivity index (χ0) is 17.8. The minimum atomic E-state index is -0.568. The first-order valence-corrected chi connectivity index (χ1v) is 8.09. The first-order chi connectivity index (χ1) is 10.4. The van der Waals surface area contributed by atoms with Gasteiger partial charge in [0, 0.05) is 13.1 Å². The van der Waals surface area contributed by atoms with E-state index in [1.54, 1.807) is 25.7 Å². The van der Waals surface area contributed by atoms with Gasteiger partial charge in [0.15, 0.2) is 0 Å².